The lowest BCUT2D eigenvalue weighted by Gasteiger charge is -2.14. The Bertz CT molecular complexity index is 1400. The second kappa shape index (κ2) is 9.22. The smallest absolute Gasteiger partial charge is 0.266 e. The van der Waals surface area contributed by atoms with Crippen molar-refractivity contribution in [1.29, 1.82) is 0 Å². The van der Waals surface area contributed by atoms with E-state index in [1.807, 2.05) is 19.1 Å². The van der Waals surface area contributed by atoms with E-state index in [-0.39, 0.29) is 23.6 Å². The second-order valence-corrected chi connectivity index (χ2v) is 7.81. The van der Waals surface area contributed by atoms with Crippen LogP contribution in [0.25, 0.3) is 5.82 Å². The van der Waals surface area contributed by atoms with E-state index < -0.39 is 11.8 Å². The van der Waals surface area contributed by atoms with E-state index in [0.29, 0.717) is 23.6 Å². The number of anilines is 1. The van der Waals surface area contributed by atoms with Crippen LogP contribution in [0.5, 0.6) is 5.75 Å². The van der Waals surface area contributed by atoms with Crippen molar-refractivity contribution in [2.45, 2.75) is 13.5 Å². The fourth-order valence-electron chi connectivity index (χ4n) is 3.83. The number of pyridine rings is 1. The van der Waals surface area contributed by atoms with Crippen LogP contribution in [0, 0.1) is 0 Å². The van der Waals surface area contributed by atoms with Gasteiger partial charge in [-0.05, 0) is 61.0 Å². The molecule has 2 aromatic carbocycles. The molecule has 1 N–H and O–H groups in total. The van der Waals surface area contributed by atoms with Crippen LogP contribution >= 0.6 is 0 Å². The average Bonchev–Trinajstić information content (AvgIpc) is 3.51. The molecule has 2 aromatic heterocycles. The number of nitrogens with one attached hydrogen (secondary N) is 1. The number of hydrogen-bond donors (Lipinski definition) is 1. The monoisotopic (exact) mass is 467 g/mol. The molecule has 0 aliphatic carbocycles. The maximum Gasteiger partial charge on any atom is 0.266 e. The van der Waals surface area contributed by atoms with E-state index in [4.69, 9.17) is 4.74 Å². The molecular formula is C26H21N5O4. The lowest BCUT2D eigenvalue weighted by molar-refractivity contribution is 0.0923. The highest BCUT2D eigenvalue weighted by atomic mass is 16.5. The van der Waals surface area contributed by atoms with Gasteiger partial charge in [0.2, 0.25) is 0 Å². The first kappa shape index (κ1) is 22.0. The molecule has 0 saturated heterocycles. The van der Waals surface area contributed by atoms with E-state index >= 15 is 0 Å². The van der Waals surface area contributed by atoms with E-state index in [2.05, 4.69) is 15.3 Å². The van der Waals surface area contributed by atoms with Gasteiger partial charge in [-0.1, -0.05) is 6.07 Å². The maximum absolute atomic E-state index is 13.0. The van der Waals surface area contributed by atoms with Crippen LogP contribution in [0.1, 0.15) is 43.6 Å². The molecule has 35 heavy (non-hydrogen) atoms. The van der Waals surface area contributed by atoms with Gasteiger partial charge in [-0.2, -0.15) is 0 Å². The summed E-state index contributed by atoms with van der Waals surface area (Å²) in [6.45, 7) is 2.66. The normalized spacial score (nSPS) is 12.5. The van der Waals surface area contributed by atoms with E-state index in [9.17, 15) is 14.4 Å². The molecule has 0 saturated carbocycles. The summed E-state index contributed by atoms with van der Waals surface area (Å²) in [5.41, 5.74) is 2.01. The van der Waals surface area contributed by atoms with Crippen molar-refractivity contribution in [3.05, 3.63) is 102 Å². The van der Waals surface area contributed by atoms with Gasteiger partial charge in [0.05, 0.1) is 23.4 Å². The zero-order chi connectivity index (χ0) is 24.4. The molecule has 3 amide bonds. The van der Waals surface area contributed by atoms with Crippen LogP contribution in [-0.4, -0.2) is 38.9 Å². The van der Waals surface area contributed by atoms with Crippen LogP contribution < -0.4 is 15.0 Å². The standard InChI is InChI=1S/C26H21N5O4/c1-2-35-20-7-5-19(6-8-20)31-25(33)21-9-4-18(13-22(21)26(31)34)24(32)29-15-17-3-10-23(28-14-17)30-12-11-27-16-30/h3-14,16H,2,15H2,1H3,(H,29,32). The van der Waals surface area contributed by atoms with Gasteiger partial charge in [-0.3, -0.25) is 19.0 Å². The van der Waals surface area contributed by atoms with Crippen molar-refractivity contribution in [1.82, 2.24) is 19.9 Å². The highest BCUT2D eigenvalue weighted by molar-refractivity contribution is 6.34. The van der Waals surface area contributed by atoms with Crippen molar-refractivity contribution < 1.29 is 19.1 Å². The molecule has 9 heteroatoms. The predicted octanol–water partition coefficient (Wildman–Crippen LogP) is 3.40. The number of benzene rings is 2. The van der Waals surface area contributed by atoms with Crippen LogP contribution in [0.4, 0.5) is 5.69 Å². The van der Waals surface area contributed by atoms with Gasteiger partial charge in [0.1, 0.15) is 17.9 Å². The quantitative estimate of drug-likeness (QED) is 0.418. The van der Waals surface area contributed by atoms with Gasteiger partial charge >= 0.3 is 0 Å². The van der Waals surface area contributed by atoms with Crippen LogP contribution in [0.15, 0.2) is 79.5 Å². The number of fused-ring (bicyclic) bond motifs is 1. The number of rotatable bonds is 7. The van der Waals surface area contributed by atoms with Crippen molar-refractivity contribution in [3.8, 4) is 11.6 Å². The topological polar surface area (TPSA) is 106 Å². The van der Waals surface area contributed by atoms with Crippen molar-refractivity contribution in [2.24, 2.45) is 0 Å². The fourth-order valence-corrected chi connectivity index (χ4v) is 3.83. The van der Waals surface area contributed by atoms with Crippen molar-refractivity contribution >= 4 is 23.4 Å². The summed E-state index contributed by atoms with van der Waals surface area (Å²) in [4.78, 5) is 48.1. The summed E-state index contributed by atoms with van der Waals surface area (Å²) in [7, 11) is 0. The molecule has 1 aliphatic heterocycles. The fraction of sp³-hybridized carbons (Fsp3) is 0.115. The van der Waals surface area contributed by atoms with Crippen LogP contribution in [0.2, 0.25) is 0 Å². The predicted molar refractivity (Wildman–Crippen MR) is 128 cm³/mol. The zero-order valence-corrected chi connectivity index (χ0v) is 18.8. The third kappa shape index (κ3) is 4.26. The Morgan fingerprint density at radius 2 is 1.80 bits per heavy atom. The number of aromatic nitrogens is 3. The summed E-state index contributed by atoms with van der Waals surface area (Å²) < 4.78 is 7.20. The lowest BCUT2D eigenvalue weighted by atomic mass is 10.1. The van der Waals surface area contributed by atoms with E-state index in [1.54, 1.807) is 59.8 Å². The molecule has 0 bridgehead atoms. The first-order valence-electron chi connectivity index (χ1n) is 11.0. The first-order chi connectivity index (χ1) is 17.0. The molecule has 0 atom stereocenters. The minimum absolute atomic E-state index is 0.197. The Kier molecular flexibility index (Phi) is 5.80. The third-order valence-electron chi connectivity index (χ3n) is 5.59. The highest BCUT2D eigenvalue weighted by Crippen LogP contribution is 2.30. The van der Waals surface area contributed by atoms with Crippen molar-refractivity contribution in [2.75, 3.05) is 11.5 Å². The van der Waals surface area contributed by atoms with Crippen LogP contribution in [-0.2, 0) is 6.54 Å². The lowest BCUT2D eigenvalue weighted by Crippen LogP contribution is -2.29. The summed E-state index contributed by atoms with van der Waals surface area (Å²) in [6.07, 6.45) is 6.79. The van der Waals surface area contributed by atoms with Crippen LogP contribution in [0.3, 0.4) is 0 Å². The molecule has 4 aromatic rings. The molecule has 0 fully saturated rings. The summed E-state index contributed by atoms with van der Waals surface area (Å²) in [5, 5.41) is 2.83. The third-order valence-corrected chi connectivity index (χ3v) is 5.59. The van der Waals surface area contributed by atoms with Gasteiger partial charge in [0, 0.05) is 30.7 Å². The Hall–Kier alpha value is -4.79. The minimum Gasteiger partial charge on any atom is -0.494 e. The number of nitrogens with zero attached hydrogens (tertiary/aromatic N) is 4. The second-order valence-electron chi connectivity index (χ2n) is 7.81. The molecule has 174 valence electrons. The number of imide groups is 1. The number of ether oxygens (including phenoxy) is 1. The molecule has 9 nitrogen and oxygen atoms in total. The van der Waals surface area contributed by atoms with E-state index in [1.165, 1.54) is 12.1 Å². The maximum atomic E-state index is 13.0. The van der Waals surface area contributed by atoms with Gasteiger partial charge in [-0.15, -0.1) is 0 Å². The largest absolute Gasteiger partial charge is 0.494 e. The minimum atomic E-state index is -0.469. The molecular weight excluding hydrogens is 446 g/mol. The zero-order valence-electron chi connectivity index (χ0n) is 18.8. The number of amides is 3. The van der Waals surface area contributed by atoms with Gasteiger partial charge < -0.3 is 10.1 Å². The molecule has 5 rings (SSSR count). The Morgan fingerprint density at radius 3 is 2.49 bits per heavy atom. The molecule has 1 aliphatic rings. The Balaban J connectivity index is 1.28. The number of carbonyl (C=O) groups is 3. The number of carbonyl (C=O) groups excluding carboxylic acids is 3. The Morgan fingerprint density at radius 1 is 1.00 bits per heavy atom. The SMILES string of the molecule is CCOc1ccc(N2C(=O)c3ccc(C(=O)NCc4ccc(-n5ccnc5)nc4)cc3C2=O)cc1. The Labute approximate surface area is 201 Å². The average molecular weight is 467 g/mol. The molecule has 0 radical (unpaired) electrons. The molecule has 3 heterocycles. The summed E-state index contributed by atoms with van der Waals surface area (Å²) in [6, 6.07) is 14.9. The number of imidazole rings is 1. The van der Waals surface area contributed by atoms with Gasteiger partial charge in [-0.25, -0.2) is 14.9 Å². The number of hydrogen-bond acceptors (Lipinski definition) is 6. The van der Waals surface area contributed by atoms with Crippen molar-refractivity contribution in [3.63, 3.8) is 0 Å². The van der Waals surface area contributed by atoms with Gasteiger partial charge in [0.25, 0.3) is 17.7 Å². The summed E-state index contributed by atoms with van der Waals surface area (Å²) >= 11 is 0. The summed E-state index contributed by atoms with van der Waals surface area (Å²) in [5.74, 6) is 0.120. The highest BCUT2D eigenvalue weighted by Gasteiger charge is 2.37. The molecule has 0 unspecified atom stereocenters. The first-order valence-corrected chi connectivity index (χ1v) is 11.0. The van der Waals surface area contributed by atoms with Gasteiger partial charge in [0.15, 0.2) is 0 Å². The van der Waals surface area contributed by atoms with E-state index in [0.717, 1.165) is 16.3 Å². The molecule has 0 spiro atoms.